The van der Waals surface area contributed by atoms with E-state index in [0.29, 0.717) is 18.7 Å². The Morgan fingerprint density at radius 2 is 2.13 bits per heavy atom. The van der Waals surface area contributed by atoms with Crippen LogP contribution < -0.4 is 11.0 Å². The molecule has 1 amide bonds. The van der Waals surface area contributed by atoms with Crippen LogP contribution in [0.3, 0.4) is 0 Å². The van der Waals surface area contributed by atoms with Gasteiger partial charge in [-0.2, -0.15) is 4.98 Å². The van der Waals surface area contributed by atoms with Crippen LogP contribution in [0.2, 0.25) is 0 Å². The highest BCUT2D eigenvalue weighted by atomic mass is 16.2. The minimum absolute atomic E-state index is 0.0480. The number of hydrogen-bond acceptors (Lipinski definition) is 5. The van der Waals surface area contributed by atoms with E-state index >= 15 is 0 Å². The lowest BCUT2D eigenvalue weighted by Gasteiger charge is -2.14. The molecule has 1 atom stereocenters. The minimum atomic E-state index is -0.317. The first-order chi connectivity index (χ1) is 11.0. The number of aromatic nitrogens is 4. The second kappa shape index (κ2) is 7.62. The molecule has 0 saturated heterocycles. The van der Waals surface area contributed by atoms with E-state index in [2.05, 4.69) is 20.3 Å². The summed E-state index contributed by atoms with van der Waals surface area (Å²) in [4.78, 5) is 35.9. The molecule has 122 valence electrons. The molecule has 0 aromatic carbocycles. The van der Waals surface area contributed by atoms with Gasteiger partial charge < -0.3 is 5.32 Å². The lowest BCUT2D eigenvalue weighted by Crippen LogP contribution is -2.36. The Hall–Kier alpha value is -2.57. The molecule has 0 aliphatic carbocycles. The normalized spacial score (nSPS) is 12.0. The predicted molar refractivity (Wildman–Crippen MR) is 85.9 cm³/mol. The smallest absolute Gasteiger partial charge is 0.347 e. The van der Waals surface area contributed by atoms with Gasteiger partial charge in [-0.05, 0) is 26.8 Å². The molecule has 0 fully saturated rings. The van der Waals surface area contributed by atoms with Crippen LogP contribution in [0.25, 0.3) is 0 Å². The molecule has 0 aliphatic heterocycles. The van der Waals surface area contributed by atoms with E-state index in [-0.39, 0.29) is 24.1 Å². The summed E-state index contributed by atoms with van der Waals surface area (Å²) >= 11 is 0. The lowest BCUT2D eigenvalue weighted by molar-refractivity contribution is -0.121. The molecule has 2 aromatic rings. The zero-order chi connectivity index (χ0) is 16.8. The Labute approximate surface area is 134 Å². The Kier molecular flexibility index (Phi) is 5.56. The maximum Gasteiger partial charge on any atom is 0.347 e. The van der Waals surface area contributed by atoms with E-state index in [0.717, 1.165) is 11.4 Å². The number of nitrogens with one attached hydrogen (secondary N) is 1. The summed E-state index contributed by atoms with van der Waals surface area (Å²) in [5.74, 6) is -0.103. The molecule has 23 heavy (non-hydrogen) atoms. The number of rotatable bonds is 6. The number of aryl methyl sites for hydroxylation is 2. The van der Waals surface area contributed by atoms with Crippen LogP contribution in [0.15, 0.2) is 29.5 Å². The average molecular weight is 315 g/mol. The van der Waals surface area contributed by atoms with Crippen LogP contribution >= 0.6 is 0 Å². The minimum Gasteiger partial charge on any atom is -0.353 e. The molecule has 0 bridgehead atoms. The van der Waals surface area contributed by atoms with E-state index in [9.17, 15) is 9.59 Å². The first-order valence-corrected chi connectivity index (χ1v) is 7.55. The van der Waals surface area contributed by atoms with Crippen LogP contribution in [0.1, 0.15) is 30.4 Å². The third-order valence-corrected chi connectivity index (χ3v) is 3.45. The maximum absolute atomic E-state index is 12.0. The zero-order valence-electron chi connectivity index (χ0n) is 13.6. The summed E-state index contributed by atoms with van der Waals surface area (Å²) in [5, 5.41) is 2.91. The van der Waals surface area contributed by atoms with Gasteiger partial charge in [-0.3, -0.25) is 19.3 Å². The fourth-order valence-corrected chi connectivity index (χ4v) is 2.41. The molecule has 0 spiro atoms. The number of hydrogen-bond donors (Lipinski definition) is 1. The van der Waals surface area contributed by atoms with Crippen LogP contribution in [-0.2, 0) is 17.8 Å². The maximum atomic E-state index is 12.0. The third kappa shape index (κ3) is 4.98. The van der Waals surface area contributed by atoms with Gasteiger partial charge >= 0.3 is 5.69 Å². The van der Waals surface area contributed by atoms with Crippen molar-refractivity contribution in [3.05, 3.63) is 52.2 Å². The molecule has 2 rings (SSSR count). The van der Waals surface area contributed by atoms with Crippen LogP contribution in [0, 0.1) is 13.8 Å². The van der Waals surface area contributed by atoms with Crippen molar-refractivity contribution in [2.45, 2.75) is 46.2 Å². The van der Waals surface area contributed by atoms with Crippen molar-refractivity contribution in [1.29, 1.82) is 0 Å². The van der Waals surface area contributed by atoms with E-state index in [1.165, 1.54) is 4.57 Å². The Balaban J connectivity index is 1.87. The summed E-state index contributed by atoms with van der Waals surface area (Å²) in [6, 6.07) is 1.78. The molecule has 2 aromatic heterocycles. The average Bonchev–Trinajstić information content (AvgIpc) is 2.46. The van der Waals surface area contributed by atoms with Crippen molar-refractivity contribution in [1.82, 2.24) is 24.8 Å². The van der Waals surface area contributed by atoms with Gasteiger partial charge in [-0.15, -0.1) is 0 Å². The molecule has 7 heteroatoms. The van der Waals surface area contributed by atoms with E-state index < -0.39 is 0 Å². The molecule has 0 saturated carbocycles. The Morgan fingerprint density at radius 3 is 2.78 bits per heavy atom. The Bertz CT molecular complexity index is 727. The highest BCUT2D eigenvalue weighted by molar-refractivity contribution is 5.76. The molecular formula is C16H21N5O2. The Morgan fingerprint density at radius 1 is 1.35 bits per heavy atom. The van der Waals surface area contributed by atoms with Crippen LogP contribution in [0.4, 0.5) is 0 Å². The number of carbonyl (C=O) groups is 1. The lowest BCUT2D eigenvalue weighted by atomic mass is 10.2. The summed E-state index contributed by atoms with van der Waals surface area (Å²) in [6.45, 7) is 5.85. The SMILES string of the molecule is Cc1cc(C)n(CCC(=O)N[C@H](C)Cc2cnccn2)c(=O)n1. The predicted octanol–water partition coefficient (Wildman–Crippen LogP) is 0.788. The highest BCUT2D eigenvalue weighted by Gasteiger charge is 2.10. The molecule has 0 unspecified atom stereocenters. The number of carbonyl (C=O) groups excluding carboxylic acids is 1. The van der Waals surface area contributed by atoms with Gasteiger partial charge in [0.15, 0.2) is 0 Å². The number of nitrogens with zero attached hydrogens (tertiary/aromatic N) is 4. The monoisotopic (exact) mass is 315 g/mol. The molecule has 0 radical (unpaired) electrons. The van der Waals surface area contributed by atoms with Gasteiger partial charge in [0.1, 0.15) is 0 Å². The van der Waals surface area contributed by atoms with Gasteiger partial charge in [0.25, 0.3) is 0 Å². The molecule has 7 nitrogen and oxygen atoms in total. The highest BCUT2D eigenvalue weighted by Crippen LogP contribution is 2.00. The molecule has 1 N–H and O–H groups in total. The molecule has 2 heterocycles. The van der Waals surface area contributed by atoms with E-state index in [1.807, 2.05) is 19.9 Å². The van der Waals surface area contributed by atoms with Crippen LogP contribution in [0.5, 0.6) is 0 Å². The van der Waals surface area contributed by atoms with Gasteiger partial charge in [-0.25, -0.2) is 4.79 Å². The van der Waals surface area contributed by atoms with Crippen molar-refractivity contribution < 1.29 is 4.79 Å². The second-order valence-electron chi connectivity index (χ2n) is 5.59. The summed E-state index contributed by atoms with van der Waals surface area (Å²) in [7, 11) is 0. The quantitative estimate of drug-likeness (QED) is 0.851. The first kappa shape index (κ1) is 16.8. The first-order valence-electron chi connectivity index (χ1n) is 7.55. The number of amides is 1. The van der Waals surface area contributed by atoms with Crippen molar-refractivity contribution in [3.8, 4) is 0 Å². The molecular weight excluding hydrogens is 294 g/mol. The van der Waals surface area contributed by atoms with E-state index in [4.69, 9.17) is 0 Å². The van der Waals surface area contributed by atoms with Gasteiger partial charge in [0.2, 0.25) is 5.91 Å². The van der Waals surface area contributed by atoms with Crippen LogP contribution in [-0.4, -0.2) is 31.5 Å². The van der Waals surface area contributed by atoms with Crippen molar-refractivity contribution >= 4 is 5.91 Å². The van der Waals surface area contributed by atoms with Gasteiger partial charge in [-0.1, -0.05) is 0 Å². The van der Waals surface area contributed by atoms with Crippen molar-refractivity contribution in [3.63, 3.8) is 0 Å². The fourth-order valence-electron chi connectivity index (χ4n) is 2.41. The second-order valence-corrected chi connectivity index (χ2v) is 5.59. The fraction of sp³-hybridized carbons (Fsp3) is 0.438. The zero-order valence-corrected chi connectivity index (χ0v) is 13.6. The van der Waals surface area contributed by atoms with Gasteiger partial charge in [0.05, 0.1) is 5.69 Å². The third-order valence-electron chi connectivity index (χ3n) is 3.45. The standard InChI is InChI=1S/C16H21N5O2/c1-11-8-13(3)21(16(23)20-11)7-4-15(22)19-12(2)9-14-10-17-5-6-18-14/h5-6,8,10,12H,4,7,9H2,1-3H3,(H,19,22)/t12-/m1/s1. The molecule has 0 aliphatic rings. The summed E-state index contributed by atoms with van der Waals surface area (Å²) in [6.07, 6.45) is 5.77. The van der Waals surface area contributed by atoms with Gasteiger partial charge in [0, 0.05) is 55.4 Å². The summed E-state index contributed by atoms with van der Waals surface area (Å²) < 4.78 is 1.51. The largest absolute Gasteiger partial charge is 0.353 e. The van der Waals surface area contributed by atoms with Crippen molar-refractivity contribution in [2.24, 2.45) is 0 Å². The topological polar surface area (TPSA) is 89.8 Å². The van der Waals surface area contributed by atoms with E-state index in [1.54, 1.807) is 25.5 Å². The summed E-state index contributed by atoms with van der Waals surface area (Å²) in [5.41, 5.74) is 2.01. The van der Waals surface area contributed by atoms with Crippen molar-refractivity contribution in [2.75, 3.05) is 0 Å².